The van der Waals surface area contributed by atoms with E-state index in [9.17, 15) is 4.21 Å². The van der Waals surface area contributed by atoms with E-state index in [4.69, 9.17) is 11.5 Å². The Hall–Kier alpha value is -0.770. The van der Waals surface area contributed by atoms with Crippen molar-refractivity contribution < 1.29 is 4.21 Å². The summed E-state index contributed by atoms with van der Waals surface area (Å²) < 4.78 is 11.1. The summed E-state index contributed by atoms with van der Waals surface area (Å²) in [6.45, 7) is 3.48. The van der Waals surface area contributed by atoms with Crippen molar-refractivity contribution in [3.63, 3.8) is 0 Å². The number of nitrogens with two attached hydrogens (primary N) is 2. The van der Waals surface area contributed by atoms with Crippen molar-refractivity contribution in [1.82, 2.24) is 0 Å². The minimum absolute atomic E-state index is 0.341. The van der Waals surface area contributed by atoms with E-state index in [1.54, 1.807) is 0 Å². The Morgan fingerprint density at radius 3 is 2.50 bits per heavy atom. The molecule has 3 nitrogen and oxygen atoms in total. The molecule has 0 aliphatic carbocycles. The molecule has 0 fully saturated rings. The standard InChI is InChI=1S/C6H10N2OS/c1-4(7)6-5(8)2-3-10(6)9/h1-3,7-8H2. The molecule has 10 heavy (non-hydrogen) atoms. The SMILES string of the molecule is C=C(N)C1=C(N)CCS1=O. The van der Waals surface area contributed by atoms with Crippen molar-refractivity contribution in [3.8, 4) is 0 Å². The van der Waals surface area contributed by atoms with Crippen LogP contribution in [-0.2, 0) is 10.8 Å². The summed E-state index contributed by atoms with van der Waals surface area (Å²) in [5.41, 5.74) is 11.8. The van der Waals surface area contributed by atoms with Crippen molar-refractivity contribution in [3.05, 3.63) is 22.9 Å². The third-order valence-corrected chi connectivity index (χ3v) is 2.92. The highest BCUT2D eigenvalue weighted by atomic mass is 32.2. The van der Waals surface area contributed by atoms with Crippen LogP contribution in [0.15, 0.2) is 22.9 Å². The van der Waals surface area contributed by atoms with Crippen LogP contribution in [0.25, 0.3) is 0 Å². The predicted molar refractivity (Wildman–Crippen MR) is 42.2 cm³/mol. The lowest BCUT2D eigenvalue weighted by Gasteiger charge is -1.98. The van der Waals surface area contributed by atoms with Gasteiger partial charge in [-0.05, 0) is 0 Å². The first-order valence-electron chi connectivity index (χ1n) is 2.94. The summed E-state index contributed by atoms with van der Waals surface area (Å²) in [4.78, 5) is 0.556. The quantitative estimate of drug-likeness (QED) is 0.554. The Balaban J connectivity index is 2.99. The average molecular weight is 158 g/mol. The predicted octanol–water partition coefficient (Wildman–Crippen LogP) is -0.219. The molecule has 0 bridgehead atoms. The Morgan fingerprint density at radius 2 is 2.30 bits per heavy atom. The van der Waals surface area contributed by atoms with Gasteiger partial charge in [-0.25, -0.2) is 0 Å². The molecule has 0 amide bonds. The van der Waals surface area contributed by atoms with E-state index in [1.807, 2.05) is 0 Å². The van der Waals surface area contributed by atoms with Gasteiger partial charge in [0.15, 0.2) is 0 Å². The van der Waals surface area contributed by atoms with Crippen LogP contribution in [-0.4, -0.2) is 9.96 Å². The molecule has 1 unspecified atom stereocenters. The molecule has 56 valence electrons. The van der Waals surface area contributed by atoms with Crippen molar-refractivity contribution in [2.75, 3.05) is 5.75 Å². The summed E-state index contributed by atoms with van der Waals surface area (Å²) in [7, 11) is -0.991. The maximum atomic E-state index is 11.1. The van der Waals surface area contributed by atoms with Crippen LogP contribution in [0.3, 0.4) is 0 Å². The molecule has 0 saturated carbocycles. The van der Waals surface area contributed by atoms with E-state index < -0.39 is 10.8 Å². The highest BCUT2D eigenvalue weighted by molar-refractivity contribution is 7.89. The van der Waals surface area contributed by atoms with Crippen LogP contribution in [0, 0.1) is 0 Å². The van der Waals surface area contributed by atoms with E-state index in [-0.39, 0.29) is 0 Å². The second-order valence-corrected chi connectivity index (χ2v) is 3.69. The average Bonchev–Trinajstić information content (AvgIpc) is 2.11. The summed E-state index contributed by atoms with van der Waals surface area (Å²) in [5, 5.41) is 0. The lowest BCUT2D eigenvalue weighted by atomic mass is 10.3. The number of hydrogen-bond acceptors (Lipinski definition) is 3. The normalized spacial score (nSPS) is 25.4. The molecule has 4 heteroatoms. The molecular formula is C6H10N2OS. The van der Waals surface area contributed by atoms with E-state index in [2.05, 4.69) is 6.58 Å². The summed E-state index contributed by atoms with van der Waals surface area (Å²) in [6, 6.07) is 0. The number of hydrogen-bond donors (Lipinski definition) is 2. The van der Waals surface area contributed by atoms with E-state index >= 15 is 0 Å². The highest BCUT2D eigenvalue weighted by Gasteiger charge is 2.20. The van der Waals surface area contributed by atoms with Crippen molar-refractivity contribution >= 4 is 10.8 Å². The van der Waals surface area contributed by atoms with E-state index in [1.165, 1.54) is 0 Å². The fraction of sp³-hybridized carbons (Fsp3) is 0.333. The van der Waals surface area contributed by atoms with Crippen LogP contribution >= 0.6 is 0 Å². The van der Waals surface area contributed by atoms with Gasteiger partial charge in [0.05, 0.1) is 15.7 Å². The van der Waals surface area contributed by atoms with Crippen LogP contribution in [0.5, 0.6) is 0 Å². The summed E-state index contributed by atoms with van der Waals surface area (Å²) in [6.07, 6.45) is 0.679. The van der Waals surface area contributed by atoms with Gasteiger partial charge in [-0.3, -0.25) is 4.21 Å². The molecule has 0 aromatic carbocycles. The van der Waals surface area contributed by atoms with E-state index in [0.717, 1.165) is 0 Å². The van der Waals surface area contributed by atoms with Gasteiger partial charge in [0.25, 0.3) is 0 Å². The molecule has 1 atom stereocenters. The van der Waals surface area contributed by atoms with Gasteiger partial charge in [-0.1, -0.05) is 6.58 Å². The first-order valence-corrected chi connectivity index (χ1v) is 4.26. The maximum Gasteiger partial charge on any atom is 0.0798 e. The highest BCUT2D eigenvalue weighted by Crippen LogP contribution is 2.21. The second-order valence-electron chi connectivity index (χ2n) is 2.18. The van der Waals surface area contributed by atoms with Gasteiger partial charge >= 0.3 is 0 Å². The molecule has 1 aliphatic rings. The summed E-state index contributed by atoms with van der Waals surface area (Å²) in [5.74, 6) is 0.595. The lowest BCUT2D eigenvalue weighted by molar-refractivity contribution is 0.688. The molecule has 0 radical (unpaired) electrons. The van der Waals surface area contributed by atoms with Gasteiger partial charge in [-0.2, -0.15) is 0 Å². The molecular weight excluding hydrogens is 148 g/mol. The molecule has 0 saturated heterocycles. The zero-order valence-corrected chi connectivity index (χ0v) is 6.41. The molecule has 0 spiro atoms. The van der Waals surface area contributed by atoms with Gasteiger partial charge < -0.3 is 11.5 Å². The van der Waals surface area contributed by atoms with Crippen LogP contribution in [0.1, 0.15) is 6.42 Å². The van der Waals surface area contributed by atoms with Crippen molar-refractivity contribution in [2.24, 2.45) is 11.5 Å². The third-order valence-electron chi connectivity index (χ3n) is 1.37. The Labute approximate surface area is 62.2 Å². The van der Waals surface area contributed by atoms with Crippen LogP contribution in [0.2, 0.25) is 0 Å². The minimum atomic E-state index is -0.991. The van der Waals surface area contributed by atoms with Gasteiger partial charge in [0, 0.05) is 23.6 Å². The van der Waals surface area contributed by atoms with E-state index in [0.29, 0.717) is 28.5 Å². The Bertz CT molecular complexity index is 232. The van der Waals surface area contributed by atoms with Crippen LogP contribution in [0.4, 0.5) is 0 Å². The largest absolute Gasteiger partial charge is 0.401 e. The molecule has 4 N–H and O–H groups in total. The minimum Gasteiger partial charge on any atom is -0.401 e. The lowest BCUT2D eigenvalue weighted by Crippen LogP contribution is -2.06. The molecule has 1 aliphatic heterocycles. The van der Waals surface area contributed by atoms with Crippen molar-refractivity contribution in [1.29, 1.82) is 0 Å². The van der Waals surface area contributed by atoms with Gasteiger partial charge in [0.1, 0.15) is 0 Å². The van der Waals surface area contributed by atoms with Gasteiger partial charge in [0.2, 0.25) is 0 Å². The second kappa shape index (κ2) is 2.46. The number of allylic oxidation sites excluding steroid dienone is 1. The molecule has 0 aromatic heterocycles. The maximum absolute atomic E-state index is 11.1. The first kappa shape index (κ1) is 7.34. The van der Waals surface area contributed by atoms with Gasteiger partial charge in [-0.15, -0.1) is 0 Å². The molecule has 1 heterocycles. The van der Waals surface area contributed by atoms with Crippen molar-refractivity contribution in [2.45, 2.75) is 6.42 Å². The van der Waals surface area contributed by atoms with Crippen LogP contribution < -0.4 is 11.5 Å². The summed E-state index contributed by atoms with van der Waals surface area (Å²) >= 11 is 0. The zero-order chi connectivity index (χ0) is 7.72. The first-order chi connectivity index (χ1) is 4.63. The molecule has 1 rings (SSSR count). The number of rotatable bonds is 1. The fourth-order valence-electron chi connectivity index (χ4n) is 0.917. The molecule has 0 aromatic rings. The zero-order valence-electron chi connectivity index (χ0n) is 5.59. The third kappa shape index (κ3) is 1.07. The monoisotopic (exact) mass is 158 g/mol. The Kier molecular flexibility index (Phi) is 1.80. The fourth-order valence-corrected chi connectivity index (χ4v) is 2.21. The Morgan fingerprint density at radius 1 is 1.70 bits per heavy atom. The smallest absolute Gasteiger partial charge is 0.0798 e. The topological polar surface area (TPSA) is 69.1 Å².